The van der Waals surface area contributed by atoms with Crippen LogP contribution in [0.2, 0.25) is 0 Å². The quantitative estimate of drug-likeness (QED) is 0.868. The molecule has 0 bridgehead atoms. The van der Waals surface area contributed by atoms with Gasteiger partial charge in [-0.25, -0.2) is 4.39 Å². The molecule has 1 N–H and O–H groups in total. The molecule has 0 aliphatic carbocycles. The summed E-state index contributed by atoms with van der Waals surface area (Å²) in [6.07, 6.45) is -0.654. The van der Waals surface area contributed by atoms with Gasteiger partial charge >= 0.3 is 0 Å². The van der Waals surface area contributed by atoms with Gasteiger partial charge in [-0.15, -0.1) is 0 Å². The number of morpholine rings is 1. The fourth-order valence-electron chi connectivity index (χ4n) is 2.19. The van der Waals surface area contributed by atoms with Gasteiger partial charge in [0, 0.05) is 19.2 Å². The van der Waals surface area contributed by atoms with E-state index in [-0.39, 0.29) is 24.2 Å². The Labute approximate surface area is 116 Å². The van der Waals surface area contributed by atoms with Crippen LogP contribution in [0.4, 0.5) is 4.39 Å². The Morgan fingerprint density at radius 3 is 2.85 bits per heavy atom. The number of hydrogen-bond donors (Lipinski definition) is 1. The highest BCUT2D eigenvalue weighted by atomic mass is 19.1. The zero-order valence-electron chi connectivity index (χ0n) is 11.5. The minimum atomic E-state index is -0.654. The van der Waals surface area contributed by atoms with Crippen molar-refractivity contribution < 1.29 is 18.7 Å². The fourth-order valence-corrected chi connectivity index (χ4v) is 2.19. The molecule has 20 heavy (non-hydrogen) atoms. The Morgan fingerprint density at radius 2 is 2.20 bits per heavy atom. The van der Waals surface area contributed by atoms with Gasteiger partial charge in [-0.3, -0.25) is 9.59 Å². The van der Waals surface area contributed by atoms with Crippen molar-refractivity contribution in [3.63, 3.8) is 0 Å². The topological polar surface area (TPSA) is 58.6 Å². The summed E-state index contributed by atoms with van der Waals surface area (Å²) in [7, 11) is 1.52. The average Bonchev–Trinajstić information content (AvgIpc) is 2.46. The van der Waals surface area contributed by atoms with E-state index in [1.54, 1.807) is 11.8 Å². The van der Waals surface area contributed by atoms with Crippen LogP contribution in [0.15, 0.2) is 18.2 Å². The van der Waals surface area contributed by atoms with Gasteiger partial charge < -0.3 is 15.0 Å². The maximum absolute atomic E-state index is 13.1. The van der Waals surface area contributed by atoms with Gasteiger partial charge in [-0.05, 0) is 30.7 Å². The van der Waals surface area contributed by atoms with Crippen LogP contribution in [0.25, 0.3) is 0 Å². The van der Waals surface area contributed by atoms with Crippen LogP contribution in [-0.2, 0) is 9.53 Å². The summed E-state index contributed by atoms with van der Waals surface area (Å²) < 4.78 is 18.4. The first kappa shape index (κ1) is 14.5. The number of rotatable bonds is 2. The Balaban J connectivity index is 2.14. The standard InChI is InChI=1S/C14H17FN2O3/c1-9-7-10(15)3-4-11(9)14(19)17-5-6-20-12(8-17)13(18)16-2/h3-4,7,12H,5-6,8H2,1-2H3,(H,16,18)/t12-/m0/s1. The maximum atomic E-state index is 13.1. The fraction of sp³-hybridized carbons (Fsp3) is 0.429. The molecule has 1 heterocycles. The number of benzene rings is 1. The molecule has 0 spiro atoms. The van der Waals surface area contributed by atoms with E-state index in [0.29, 0.717) is 24.3 Å². The van der Waals surface area contributed by atoms with E-state index in [0.717, 1.165) is 0 Å². The van der Waals surface area contributed by atoms with E-state index < -0.39 is 6.10 Å². The van der Waals surface area contributed by atoms with Crippen molar-refractivity contribution in [2.75, 3.05) is 26.7 Å². The maximum Gasteiger partial charge on any atom is 0.254 e. The summed E-state index contributed by atoms with van der Waals surface area (Å²) in [5, 5.41) is 2.50. The zero-order chi connectivity index (χ0) is 14.7. The predicted molar refractivity (Wildman–Crippen MR) is 70.8 cm³/mol. The summed E-state index contributed by atoms with van der Waals surface area (Å²) >= 11 is 0. The first-order valence-electron chi connectivity index (χ1n) is 6.41. The molecular formula is C14H17FN2O3. The van der Waals surface area contributed by atoms with Crippen molar-refractivity contribution in [1.82, 2.24) is 10.2 Å². The molecular weight excluding hydrogens is 263 g/mol. The van der Waals surface area contributed by atoms with Crippen LogP contribution in [-0.4, -0.2) is 49.6 Å². The normalized spacial score (nSPS) is 18.8. The number of nitrogens with one attached hydrogen (secondary N) is 1. The number of aryl methyl sites for hydroxylation is 1. The summed E-state index contributed by atoms with van der Waals surface area (Å²) in [6, 6.07) is 4.05. The molecule has 6 heteroatoms. The van der Waals surface area contributed by atoms with E-state index in [9.17, 15) is 14.0 Å². The van der Waals surface area contributed by atoms with Crippen molar-refractivity contribution in [2.24, 2.45) is 0 Å². The molecule has 2 rings (SSSR count). The van der Waals surface area contributed by atoms with Gasteiger partial charge in [0.15, 0.2) is 6.10 Å². The van der Waals surface area contributed by atoms with E-state index >= 15 is 0 Å². The number of halogens is 1. The van der Waals surface area contributed by atoms with Crippen LogP contribution in [0.1, 0.15) is 15.9 Å². The molecule has 0 aromatic heterocycles. The Morgan fingerprint density at radius 1 is 1.45 bits per heavy atom. The molecule has 0 radical (unpaired) electrons. The Hall–Kier alpha value is -1.95. The Bertz CT molecular complexity index is 533. The monoisotopic (exact) mass is 280 g/mol. The molecule has 1 fully saturated rings. The lowest BCUT2D eigenvalue weighted by Gasteiger charge is -2.32. The number of hydrogen-bond acceptors (Lipinski definition) is 3. The highest BCUT2D eigenvalue weighted by Gasteiger charge is 2.29. The van der Waals surface area contributed by atoms with Crippen LogP contribution in [0.5, 0.6) is 0 Å². The van der Waals surface area contributed by atoms with Crippen molar-refractivity contribution in [2.45, 2.75) is 13.0 Å². The van der Waals surface area contributed by atoms with E-state index in [4.69, 9.17) is 4.74 Å². The molecule has 0 saturated carbocycles. The average molecular weight is 280 g/mol. The molecule has 1 aromatic rings. The van der Waals surface area contributed by atoms with Crippen LogP contribution < -0.4 is 5.32 Å². The second-order valence-electron chi connectivity index (χ2n) is 4.68. The second kappa shape index (κ2) is 6.00. The second-order valence-corrected chi connectivity index (χ2v) is 4.68. The van der Waals surface area contributed by atoms with Gasteiger partial charge in [0.1, 0.15) is 5.82 Å². The van der Waals surface area contributed by atoms with Crippen molar-refractivity contribution >= 4 is 11.8 Å². The predicted octanol–water partition coefficient (Wildman–Crippen LogP) is 0.721. The van der Waals surface area contributed by atoms with Crippen LogP contribution >= 0.6 is 0 Å². The number of nitrogens with zero attached hydrogens (tertiary/aromatic N) is 1. The largest absolute Gasteiger partial charge is 0.365 e. The third-order valence-electron chi connectivity index (χ3n) is 3.31. The summed E-state index contributed by atoms with van der Waals surface area (Å²) in [5.74, 6) is -0.831. The van der Waals surface area contributed by atoms with E-state index in [1.165, 1.54) is 25.2 Å². The summed E-state index contributed by atoms with van der Waals surface area (Å²) in [5.41, 5.74) is 1.03. The Kier molecular flexibility index (Phi) is 4.34. The smallest absolute Gasteiger partial charge is 0.254 e. The molecule has 1 aliphatic heterocycles. The first-order valence-corrected chi connectivity index (χ1v) is 6.41. The summed E-state index contributed by atoms with van der Waals surface area (Å²) in [6.45, 7) is 2.62. The number of likely N-dealkylation sites (N-methyl/N-ethyl adjacent to an activating group) is 1. The molecule has 1 atom stereocenters. The summed E-state index contributed by atoms with van der Waals surface area (Å²) in [4.78, 5) is 25.5. The van der Waals surface area contributed by atoms with Gasteiger partial charge in [-0.1, -0.05) is 0 Å². The molecule has 1 aliphatic rings. The highest BCUT2D eigenvalue weighted by Crippen LogP contribution is 2.15. The van der Waals surface area contributed by atoms with Crippen LogP contribution in [0.3, 0.4) is 0 Å². The lowest BCUT2D eigenvalue weighted by Crippen LogP contribution is -2.51. The third-order valence-corrected chi connectivity index (χ3v) is 3.31. The first-order chi connectivity index (χ1) is 9.52. The number of carbonyl (C=O) groups excluding carboxylic acids is 2. The molecule has 5 nitrogen and oxygen atoms in total. The number of ether oxygens (including phenoxy) is 1. The lowest BCUT2D eigenvalue weighted by molar-refractivity contribution is -0.136. The molecule has 0 unspecified atom stereocenters. The van der Waals surface area contributed by atoms with Gasteiger partial charge in [0.2, 0.25) is 0 Å². The minimum absolute atomic E-state index is 0.204. The van der Waals surface area contributed by atoms with E-state index in [2.05, 4.69) is 5.32 Å². The van der Waals surface area contributed by atoms with Crippen molar-refractivity contribution in [1.29, 1.82) is 0 Å². The van der Waals surface area contributed by atoms with Crippen LogP contribution in [0, 0.1) is 12.7 Å². The third kappa shape index (κ3) is 2.96. The van der Waals surface area contributed by atoms with Crippen molar-refractivity contribution in [3.8, 4) is 0 Å². The minimum Gasteiger partial charge on any atom is -0.365 e. The SMILES string of the molecule is CNC(=O)[C@@H]1CN(C(=O)c2ccc(F)cc2C)CCO1. The lowest BCUT2D eigenvalue weighted by atomic mass is 10.1. The zero-order valence-corrected chi connectivity index (χ0v) is 11.5. The van der Waals surface area contributed by atoms with Crippen molar-refractivity contribution in [3.05, 3.63) is 35.1 Å². The van der Waals surface area contributed by atoms with Gasteiger partial charge in [0.05, 0.1) is 13.2 Å². The number of amides is 2. The molecule has 2 amide bonds. The van der Waals surface area contributed by atoms with E-state index in [1.807, 2.05) is 0 Å². The molecule has 108 valence electrons. The van der Waals surface area contributed by atoms with Gasteiger partial charge in [0.25, 0.3) is 11.8 Å². The highest BCUT2D eigenvalue weighted by molar-refractivity contribution is 5.96. The number of carbonyl (C=O) groups is 2. The molecule has 1 aromatic carbocycles. The van der Waals surface area contributed by atoms with Gasteiger partial charge in [-0.2, -0.15) is 0 Å². The molecule has 1 saturated heterocycles.